The van der Waals surface area contributed by atoms with Crippen molar-refractivity contribution in [3.05, 3.63) is 0 Å². The maximum absolute atomic E-state index is 11.6. The quantitative estimate of drug-likeness (QED) is 0.688. The topological polar surface area (TPSA) is 46.3 Å². The van der Waals surface area contributed by atoms with E-state index in [2.05, 4.69) is 11.8 Å². The van der Waals surface area contributed by atoms with Gasteiger partial charge in [0.25, 0.3) is 5.91 Å². The van der Waals surface area contributed by atoms with Gasteiger partial charge >= 0.3 is 0 Å². The maximum atomic E-state index is 11.6. The van der Waals surface area contributed by atoms with E-state index in [1.165, 1.54) is 12.8 Å². The van der Waals surface area contributed by atoms with Crippen LogP contribution in [0.2, 0.25) is 0 Å². The Kier molecular flexibility index (Phi) is 4.64. The average molecular weight is 208 g/mol. The summed E-state index contributed by atoms with van der Waals surface area (Å²) < 4.78 is 0. The third-order valence-electron chi connectivity index (χ3n) is 3.22. The second-order valence-corrected chi connectivity index (χ2v) is 4.14. The highest BCUT2D eigenvalue weighted by atomic mass is 16.2. The van der Waals surface area contributed by atoms with Crippen molar-refractivity contribution in [1.29, 1.82) is 0 Å². The molecule has 1 rings (SSSR count). The largest absolute Gasteiger partial charge is 0.332 e. The van der Waals surface area contributed by atoms with Crippen LogP contribution in [-0.2, 0) is 4.79 Å². The first-order chi connectivity index (χ1) is 7.20. The number of hydrogen-bond donors (Lipinski definition) is 1. The van der Waals surface area contributed by atoms with Crippen LogP contribution < -0.4 is 5.73 Å². The molecule has 0 aromatic rings. The highest BCUT2D eigenvalue weighted by molar-refractivity contribution is 5.93. The van der Waals surface area contributed by atoms with Gasteiger partial charge in [-0.1, -0.05) is 18.8 Å². The second kappa shape index (κ2) is 5.77. The average Bonchev–Trinajstić information content (AvgIpc) is 2.28. The predicted octanol–water partition coefficient (Wildman–Crippen LogP) is 0.986. The summed E-state index contributed by atoms with van der Waals surface area (Å²) in [6.07, 6.45) is 4.63. The van der Waals surface area contributed by atoms with Gasteiger partial charge in [-0.3, -0.25) is 4.79 Å². The Morgan fingerprint density at radius 1 is 1.47 bits per heavy atom. The number of nitrogens with zero attached hydrogens (tertiary/aromatic N) is 1. The molecule has 2 atom stereocenters. The predicted molar refractivity (Wildman–Crippen MR) is 61.0 cm³/mol. The van der Waals surface area contributed by atoms with E-state index in [-0.39, 0.29) is 11.9 Å². The molecule has 0 aromatic carbocycles. The maximum Gasteiger partial charge on any atom is 0.298 e. The molecule has 1 fully saturated rings. The van der Waals surface area contributed by atoms with E-state index in [4.69, 9.17) is 5.73 Å². The second-order valence-electron chi connectivity index (χ2n) is 4.14. The Balaban J connectivity index is 2.65. The lowest BCUT2D eigenvalue weighted by atomic mass is 9.83. The van der Waals surface area contributed by atoms with Gasteiger partial charge in [0.15, 0.2) is 0 Å². The summed E-state index contributed by atoms with van der Waals surface area (Å²) in [6, 6.07) is 0.289. The molecule has 0 spiro atoms. The molecule has 3 heteroatoms. The first-order valence-corrected chi connectivity index (χ1v) is 5.60. The molecule has 0 saturated heterocycles. The van der Waals surface area contributed by atoms with Crippen LogP contribution in [0.3, 0.4) is 0 Å². The van der Waals surface area contributed by atoms with E-state index in [9.17, 15) is 4.79 Å². The van der Waals surface area contributed by atoms with Gasteiger partial charge in [0, 0.05) is 13.1 Å². The molecule has 0 bridgehead atoms. The van der Waals surface area contributed by atoms with Crippen molar-refractivity contribution < 1.29 is 4.79 Å². The van der Waals surface area contributed by atoms with Crippen molar-refractivity contribution in [1.82, 2.24) is 4.90 Å². The third-order valence-corrected chi connectivity index (χ3v) is 3.22. The summed E-state index contributed by atoms with van der Waals surface area (Å²) in [5.41, 5.74) is 5.73. The van der Waals surface area contributed by atoms with Gasteiger partial charge < -0.3 is 10.6 Å². The van der Waals surface area contributed by atoms with Crippen LogP contribution in [0, 0.1) is 17.8 Å². The summed E-state index contributed by atoms with van der Waals surface area (Å²) in [5, 5.41) is 0. The Morgan fingerprint density at radius 3 is 2.73 bits per heavy atom. The van der Waals surface area contributed by atoms with Gasteiger partial charge in [-0.15, -0.1) is 0 Å². The molecule has 0 radical (unpaired) electrons. The summed E-state index contributed by atoms with van der Waals surface area (Å²) >= 11 is 0. The summed E-state index contributed by atoms with van der Waals surface area (Å²) in [6.45, 7) is 2.36. The van der Waals surface area contributed by atoms with Crippen molar-refractivity contribution in [3.8, 4) is 11.8 Å². The molecule has 1 amide bonds. The van der Waals surface area contributed by atoms with Crippen LogP contribution in [0.1, 0.15) is 32.6 Å². The number of carbonyl (C=O) groups is 1. The fraction of sp³-hybridized carbons (Fsp3) is 0.750. The van der Waals surface area contributed by atoms with E-state index in [1.807, 2.05) is 7.05 Å². The zero-order valence-corrected chi connectivity index (χ0v) is 9.62. The van der Waals surface area contributed by atoms with Crippen molar-refractivity contribution in [2.24, 2.45) is 11.7 Å². The monoisotopic (exact) mass is 208 g/mol. The Labute approximate surface area is 92.0 Å². The standard InChI is InChI=1S/C12H20N2O/c1-3-6-12(15)14(2)11-8-5-4-7-10(11)9-13/h10-11H,4-5,7-9,13H2,1-2H3. The van der Waals surface area contributed by atoms with Crippen LogP contribution >= 0.6 is 0 Å². The molecule has 2 N–H and O–H groups in total. The molecule has 2 unspecified atom stereocenters. The molecule has 1 aliphatic rings. The molecule has 84 valence electrons. The van der Waals surface area contributed by atoms with E-state index in [1.54, 1.807) is 11.8 Å². The zero-order valence-electron chi connectivity index (χ0n) is 9.62. The molecular weight excluding hydrogens is 188 g/mol. The minimum absolute atomic E-state index is 0.0807. The van der Waals surface area contributed by atoms with Crippen molar-refractivity contribution in [3.63, 3.8) is 0 Å². The van der Waals surface area contributed by atoms with Gasteiger partial charge in [0.05, 0.1) is 0 Å². The van der Waals surface area contributed by atoms with E-state index in [0.29, 0.717) is 12.5 Å². The first-order valence-electron chi connectivity index (χ1n) is 5.60. The van der Waals surface area contributed by atoms with Gasteiger partial charge in [0.2, 0.25) is 0 Å². The summed E-state index contributed by atoms with van der Waals surface area (Å²) in [7, 11) is 1.84. The normalized spacial score (nSPS) is 25.3. The number of hydrogen-bond acceptors (Lipinski definition) is 2. The minimum atomic E-state index is -0.0807. The first kappa shape index (κ1) is 12.1. The highest BCUT2D eigenvalue weighted by Gasteiger charge is 2.29. The number of rotatable bonds is 2. The number of nitrogens with two attached hydrogens (primary N) is 1. The van der Waals surface area contributed by atoms with Gasteiger partial charge in [-0.05, 0) is 38.1 Å². The van der Waals surface area contributed by atoms with Crippen LogP contribution in [0.15, 0.2) is 0 Å². The molecular formula is C12H20N2O. The molecule has 15 heavy (non-hydrogen) atoms. The van der Waals surface area contributed by atoms with Gasteiger partial charge in [-0.25, -0.2) is 0 Å². The minimum Gasteiger partial charge on any atom is -0.332 e. The Bertz CT molecular complexity index is 277. The van der Waals surface area contributed by atoms with E-state index < -0.39 is 0 Å². The smallest absolute Gasteiger partial charge is 0.298 e. The molecule has 1 aliphatic carbocycles. The van der Waals surface area contributed by atoms with Crippen LogP contribution in [0.25, 0.3) is 0 Å². The van der Waals surface area contributed by atoms with Crippen molar-refractivity contribution in [2.75, 3.05) is 13.6 Å². The SMILES string of the molecule is CC#CC(=O)N(C)C1CCCCC1CN. The molecule has 0 heterocycles. The Morgan fingerprint density at radius 2 is 2.13 bits per heavy atom. The van der Waals surface area contributed by atoms with Gasteiger partial charge in [-0.2, -0.15) is 0 Å². The van der Waals surface area contributed by atoms with Crippen LogP contribution in [0.5, 0.6) is 0 Å². The molecule has 0 aliphatic heterocycles. The van der Waals surface area contributed by atoms with Crippen molar-refractivity contribution >= 4 is 5.91 Å². The lowest BCUT2D eigenvalue weighted by Crippen LogP contribution is -2.45. The zero-order chi connectivity index (χ0) is 11.3. The van der Waals surface area contributed by atoms with E-state index in [0.717, 1.165) is 12.8 Å². The molecule has 3 nitrogen and oxygen atoms in total. The lowest BCUT2D eigenvalue weighted by molar-refractivity contribution is -0.127. The fourth-order valence-corrected chi connectivity index (χ4v) is 2.32. The van der Waals surface area contributed by atoms with Crippen molar-refractivity contribution in [2.45, 2.75) is 38.6 Å². The van der Waals surface area contributed by atoms with Crippen LogP contribution in [-0.4, -0.2) is 30.4 Å². The number of carbonyl (C=O) groups excluding carboxylic acids is 1. The lowest BCUT2D eigenvalue weighted by Gasteiger charge is -2.36. The summed E-state index contributed by atoms with van der Waals surface area (Å²) in [5.74, 6) is 5.60. The van der Waals surface area contributed by atoms with Crippen LogP contribution in [0.4, 0.5) is 0 Å². The Hall–Kier alpha value is -1.01. The fourth-order valence-electron chi connectivity index (χ4n) is 2.32. The van der Waals surface area contributed by atoms with Gasteiger partial charge in [0.1, 0.15) is 0 Å². The molecule has 1 saturated carbocycles. The van der Waals surface area contributed by atoms with E-state index >= 15 is 0 Å². The highest BCUT2D eigenvalue weighted by Crippen LogP contribution is 2.27. The molecule has 0 aromatic heterocycles. The summed E-state index contributed by atoms with van der Waals surface area (Å²) in [4.78, 5) is 13.4. The third kappa shape index (κ3) is 2.97. The number of amides is 1.